The summed E-state index contributed by atoms with van der Waals surface area (Å²) >= 11 is 1.99. The summed E-state index contributed by atoms with van der Waals surface area (Å²) < 4.78 is 0. The second kappa shape index (κ2) is 10.7. The molecule has 1 aromatic carbocycles. The molecule has 2 rings (SSSR count). The maximum absolute atomic E-state index is 4.39. The predicted octanol–water partition coefficient (Wildman–Crippen LogP) is 3.35. The number of hydrogen-bond acceptors (Lipinski definition) is 3. The number of nitrogens with one attached hydrogen (secondary N) is 2. The fraction of sp³-hybridized carbons (Fsp3) is 0.650. The molecule has 1 fully saturated rings. The summed E-state index contributed by atoms with van der Waals surface area (Å²) in [5.74, 6) is 0.949. The summed E-state index contributed by atoms with van der Waals surface area (Å²) in [5, 5.41) is 7.88. The highest BCUT2D eigenvalue weighted by Gasteiger charge is 2.24. The smallest absolute Gasteiger partial charge is 0.191 e. The molecule has 1 saturated carbocycles. The van der Waals surface area contributed by atoms with Crippen LogP contribution < -0.4 is 10.6 Å². The highest BCUT2D eigenvalue weighted by atomic mass is 32.2. The average Bonchev–Trinajstić information content (AvgIpc) is 3.09. The Morgan fingerprint density at radius 2 is 2.08 bits per heavy atom. The van der Waals surface area contributed by atoms with Gasteiger partial charge in [0.2, 0.25) is 0 Å². The molecule has 2 N–H and O–H groups in total. The zero-order valence-corrected chi connectivity index (χ0v) is 17.0. The van der Waals surface area contributed by atoms with E-state index in [0.717, 1.165) is 30.7 Å². The van der Waals surface area contributed by atoms with Crippen molar-refractivity contribution < 1.29 is 0 Å². The van der Waals surface area contributed by atoms with Crippen molar-refractivity contribution in [2.24, 2.45) is 4.99 Å². The summed E-state index contributed by atoms with van der Waals surface area (Å²) in [7, 11) is 4.06. The molecule has 140 valence electrons. The van der Waals surface area contributed by atoms with Crippen molar-refractivity contribution in [3.63, 3.8) is 0 Å². The quantitative estimate of drug-likeness (QED) is 0.550. The Balaban J connectivity index is 1.67. The molecule has 1 aliphatic rings. The van der Waals surface area contributed by atoms with E-state index in [-0.39, 0.29) is 0 Å². The van der Waals surface area contributed by atoms with Gasteiger partial charge in [-0.25, -0.2) is 0 Å². The third-order valence-electron chi connectivity index (χ3n) is 5.16. The Kier molecular flexibility index (Phi) is 8.62. The van der Waals surface area contributed by atoms with Crippen LogP contribution in [0.5, 0.6) is 0 Å². The Hall–Kier alpha value is -1.20. The van der Waals surface area contributed by atoms with E-state index in [4.69, 9.17) is 0 Å². The number of benzene rings is 1. The SMILES string of the molecule is CN=C(NCCC(C)N(C)Cc1ccccc1)NC1CCC(SC)C1. The summed E-state index contributed by atoms with van der Waals surface area (Å²) in [6.07, 6.45) is 7.13. The van der Waals surface area contributed by atoms with E-state index in [9.17, 15) is 0 Å². The molecule has 0 spiro atoms. The minimum atomic E-state index is 0.526. The van der Waals surface area contributed by atoms with Crippen LogP contribution in [-0.2, 0) is 6.54 Å². The van der Waals surface area contributed by atoms with Gasteiger partial charge in [0.1, 0.15) is 0 Å². The fourth-order valence-electron chi connectivity index (χ4n) is 3.32. The molecular formula is C20H34N4S. The Morgan fingerprint density at radius 1 is 1.32 bits per heavy atom. The predicted molar refractivity (Wildman–Crippen MR) is 111 cm³/mol. The van der Waals surface area contributed by atoms with Crippen LogP contribution in [0.2, 0.25) is 0 Å². The van der Waals surface area contributed by atoms with Crippen molar-refractivity contribution in [3.8, 4) is 0 Å². The molecule has 3 unspecified atom stereocenters. The van der Waals surface area contributed by atoms with Crippen molar-refractivity contribution in [1.82, 2.24) is 15.5 Å². The van der Waals surface area contributed by atoms with Gasteiger partial charge in [-0.2, -0.15) is 11.8 Å². The van der Waals surface area contributed by atoms with Gasteiger partial charge in [-0.15, -0.1) is 0 Å². The molecule has 1 aromatic rings. The first kappa shape index (κ1) is 20.1. The van der Waals surface area contributed by atoms with Gasteiger partial charge in [0, 0.05) is 37.5 Å². The molecule has 0 saturated heterocycles. The molecule has 5 heteroatoms. The van der Waals surface area contributed by atoms with E-state index in [0.29, 0.717) is 12.1 Å². The first-order valence-electron chi connectivity index (χ1n) is 9.36. The van der Waals surface area contributed by atoms with E-state index in [1.807, 2.05) is 18.8 Å². The van der Waals surface area contributed by atoms with Gasteiger partial charge >= 0.3 is 0 Å². The molecule has 0 bridgehead atoms. The normalized spacial score (nSPS) is 22.2. The Bertz CT molecular complexity index is 520. The van der Waals surface area contributed by atoms with Crippen LogP contribution in [0, 0.1) is 0 Å². The van der Waals surface area contributed by atoms with Crippen LogP contribution in [0.4, 0.5) is 0 Å². The zero-order chi connectivity index (χ0) is 18.1. The van der Waals surface area contributed by atoms with Crippen molar-refractivity contribution in [3.05, 3.63) is 35.9 Å². The van der Waals surface area contributed by atoms with Gasteiger partial charge in [-0.1, -0.05) is 30.3 Å². The average molecular weight is 363 g/mol. The molecule has 4 nitrogen and oxygen atoms in total. The van der Waals surface area contributed by atoms with Gasteiger partial charge in [0.15, 0.2) is 5.96 Å². The van der Waals surface area contributed by atoms with E-state index in [1.54, 1.807) is 0 Å². The lowest BCUT2D eigenvalue weighted by atomic mass is 10.1. The van der Waals surface area contributed by atoms with Crippen LogP contribution >= 0.6 is 11.8 Å². The Morgan fingerprint density at radius 3 is 2.72 bits per heavy atom. The summed E-state index contributed by atoms with van der Waals surface area (Å²) in [6, 6.07) is 11.8. The van der Waals surface area contributed by atoms with Gasteiger partial charge in [-0.05, 0) is 51.5 Å². The largest absolute Gasteiger partial charge is 0.356 e. The third-order valence-corrected chi connectivity index (χ3v) is 6.26. The minimum absolute atomic E-state index is 0.526. The van der Waals surface area contributed by atoms with E-state index < -0.39 is 0 Å². The molecule has 0 aliphatic heterocycles. The van der Waals surface area contributed by atoms with Gasteiger partial charge < -0.3 is 10.6 Å². The number of nitrogens with zero attached hydrogens (tertiary/aromatic N) is 2. The summed E-state index contributed by atoms with van der Waals surface area (Å²) in [4.78, 5) is 6.80. The first-order valence-corrected chi connectivity index (χ1v) is 10.6. The maximum atomic E-state index is 4.39. The molecule has 0 radical (unpaired) electrons. The molecule has 0 heterocycles. The maximum Gasteiger partial charge on any atom is 0.191 e. The lowest BCUT2D eigenvalue weighted by Crippen LogP contribution is -2.44. The van der Waals surface area contributed by atoms with Crippen LogP contribution in [0.15, 0.2) is 35.3 Å². The van der Waals surface area contributed by atoms with Crippen LogP contribution in [0.25, 0.3) is 0 Å². The highest BCUT2D eigenvalue weighted by molar-refractivity contribution is 7.99. The van der Waals surface area contributed by atoms with Crippen LogP contribution in [-0.4, -0.2) is 55.1 Å². The van der Waals surface area contributed by atoms with E-state index >= 15 is 0 Å². The molecular weight excluding hydrogens is 328 g/mol. The van der Waals surface area contributed by atoms with Gasteiger partial charge in [0.25, 0.3) is 0 Å². The summed E-state index contributed by atoms with van der Waals surface area (Å²) in [6.45, 7) is 4.23. The number of thioether (sulfide) groups is 1. The van der Waals surface area contributed by atoms with Crippen LogP contribution in [0.3, 0.4) is 0 Å². The van der Waals surface area contributed by atoms with Crippen LogP contribution in [0.1, 0.15) is 38.2 Å². The van der Waals surface area contributed by atoms with Crippen molar-refractivity contribution in [2.75, 3.05) is 26.9 Å². The third kappa shape index (κ3) is 6.90. The van der Waals surface area contributed by atoms with Gasteiger partial charge in [0.05, 0.1) is 0 Å². The van der Waals surface area contributed by atoms with Crippen molar-refractivity contribution in [1.29, 1.82) is 0 Å². The number of hydrogen-bond donors (Lipinski definition) is 2. The van der Waals surface area contributed by atoms with Crippen molar-refractivity contribution in [2.45, 2.75) is 56.5 Å². The second-order valence-electron chi connectivity index (χ2n) is 7.05. The fourth-order valence-corrected chi connectivity index (χ4v) is 4.12. The first-order chi connectivity index (χ1) is 12.1. The number of aliphatic imine (C=N–C) groups is 1. The zero-order valence-electron chi connectivity index (χ0n) is 16.2. The highest BCUT2D eigenvalue weighted by Crippen LogP contribution is 2.27. The second-order valence-corrected chi connectivity index (χ2v) is 8.19. The number of rotatable bonds is 8. The topological polar surface area (TPSA) is 39.7 Å². The lowest BCUT2D eigenvalue weighted by Gasteiger charge is -2.25. The number of guanidine groups is 1. The Labute approximate surface area is 157 Å². The van der Waals surface area contributed by atoms with Crippen molar-refractivity contribution >= 4 is 17.7 Å². The molecule has 0 amide bonds. The molecule has 1 aliphatic carbocycles. The van der Waals surface area contributed by atoms with E-state index in [2.05, 4.69) is 71.1 Å². The van der Waals surface area contributed by atoms with E-state index in [1.165, 1.54) is 24.8 Å². The molecule has 3 atom stereocenters. The van der Waals surface area contributed by atoms with Gasteiger partial charge in [-0.3, -0.25) is 9.89 Å². The lowest BCUT2D eigenvalue weighted by molar-refractivity contribution is 0.238. The standard InChI is InChI=1S/C20H34N4S/c1-16(24(3)15-17-8-6-5-7-9-17)12-13-22-20(21-2)23-18-10-11-19(14-18)25-4/h5-9,16,18-19H,10-15H2,1-4H3,(H2,21,22,23). The summed E-state index contributed by atoms with van der Waals surface area (Å²) in [5.41, 5.74) is 1.37. The molecule has 25 heavy (non-hydrogen) atoms. The minimum Gasteiger partial charge on any atom is -0.356 e. The monoisotopic (exact) mass is 362 g/mol. The molecule has 0 aromatic heterocycles.